The van der Waals surface area contributed by atoms with Crippen LogP contribution in [0.5, 0.6) is 11.5 Å². The van der Waals surface area contributed by atoms with Crippen molar-refractivity contribution in [3.05, 3.63) is 76.6 Å². The number of rotatable bonds is 5. The van der Waals surface area contributed by atoms with Crippen LogP contribution in [0.15, 0.2) is 48.7 Å². The highest BCUT2D eigenvalue weighted by Gasteiger charge is 2.41. The van der Waals surface area contributed by atoms with Crippen LogP contribution in [-0.4, -0.2) is 71.9 Å². The Bertz CT molecular complexity index is 1460. The number of amides is 2. The molecule has 12 heteroatoms. The summed E-state index contributed by atoms with van der Waals surface area (Å²) < 4.78 is 59.9. The number of benzene rings is 2. The highest BCUT2D eigenvalue weighted by Crippen LogP contribution is 2.41. The van der Waals surface area contributed by atoms with Crippen LogP contribution >= 0.6 is 0 Å². The van der Waals surface area contributed by atoms with E-state index in [1.54, 1.807) is 4.90 Å². The molecule has 0 saturated carbocycles. The van der Waals surface area contributed by atoms with E-state index in [0.29, 0.717) is 32.7 Å². The van der Waals surface area contributed by atoms with E-state index in [1.165, 1.54) is 12.1 Å². The average Bonchev–Trinajstić information content (AvgIpc) is 3.59. The maximum atomic E-state index is 14.4. The third kappa shape index (κ3) is 4.77. The molecule has 0 bridgehead atoms. The molecule has 2 N–H and O–H groups in total. The zero-order valence-corrected chi connectivity index (χ0v) is 21.4. The summed E-state index contributed by atoms with van der Waals surface area (Å²) in [7, 11) is 0. The van der Waals surface area contributed by atoms with Gasteiger partial charge in [0.25, 0.3) is 11.8 Å². The Morgan fingerprint density at radius 1 is 0.975 bits per heavy atom. The predicted molar refractivity (Wildman–Crippen MR) is 136 cm³/mol. The molecule has 2 aromatic carbocycles. The number of ether oxygens (including phenoxy) is 3. The number of morpholine rings is 1. The van der Waals surface area contributed by atoms with E-state index in [4.69, 9.17) is 19.9 Å². The Morgan fingerprint density at radius 3 is 2.38 bits per heavy atom. The number of nitrogens with zero attached hydrogens (tertiary/aromatic N) is 3. The van der Waals surface area contributed by atoms with E-state index in [-0.39, 0.29) is 35.6 Å². The van der Waals surface area contributed by atoms with Gasteiger partial charge in [-0.2, -0.15) is 13.2 Å². The van der Waals surface area contributed by atoms with Crippen LogP contribution in [0.1, 0.15) is 37.5 Å². The number of primary amides is 1. The molecule has 1 saturated heterocycles. The quantitative estimate of drug-likeness (QED) is 0.518. The third-order valence-corrected chi connectivity index (χ3v) is 7.59. The minimum absolute atomic E-state index is 0.00673. The molecule has 0 unspecified atom stereocenters. The number of hydrogen-bond acceptors (Lipinski definition) is 6. The summed E-state index contributed by atoms with van der Waals surface area (Å²) in [6.07, 6.45) is -3.23. The summed E-state index contributed by atoms with van der Waals surface area (Å²) in [6.45, 7) is 3.40. The van der Waals surface area contributed by atoms with Gasteiger partial charge >= 0.3 is 6.18 Å². The Labute approximate surface area is 227 Å². The number of aromatic nitrogens is 1. The topological polar surface area (TPSA) is 99.3 Å². The zero-order chi connectivity index (χ0) is 28.0. The van der Waals surface area contributed by atoms with Gasteiger partial charge in [-0.05, 0) is 29.7 Å². The summed E-state index contributed by atoms with van der Waals surface area (Å²) in [6, 6.07) is 11.4. The summed E-state index contributed by atoms with van der Waals surface area (Å²) in [4.78, 5) is 30.2. The first kappa shape index (κ1) is 26.2. The first-order valence-electron chi connectivity index (χ1n) is 12.9. The molecular formula is C28H27F3N4O5. The lowest BCUT2D eigenvalue weighted by Crippen LogP contribution is -2.52. The minimum atomic E-state index is -4.92. The molecular weight excluding hydrogens is 529 g/mol. The number of carbonyl (C=O) groups is 2. The standard InChI is InChI=1S/C28H27F3N4O5/c29-28(30,31)25-20(26(32)36)5-6-34(25)22-13-24-23(39-16-40-24)12-21(22)27(37)35-14-18-4-2-1-3-17(18)11-19(35)15-33-7-9-38-10-8-33/h1-6,12-13,19H,7-11,14-16H2,(H2,32,36)/t19-/m0/s1. The Morgan fingerprint density at radius 2 is 1.68 bits per heavy atom. The van der Waals surface area contributed by atoms with Crippen LogP contribution in [0.25, 0.3) is 5.69 Å². The number of nitrogens with two attached hydrogens (primary N) is 1. The minimum Gasteiger partial charge on any atom is -0.454 e. The van der Waals surface area contributed by atoms with Gasteiger partial charge in [0.1, 0.15) is 5.69 Å². The summed E-state index contributed by atoms with van der Waals surface area (Å²) >= 11 is 0. The normalized spacial score (nSPS) is 19.0. The van der Waals surface area contributed by atoms with Crippen molar-refractivity contribution in [2.75, 3.05) is 39.6 Å². The second-order valence-corrected chi connectivity index (χ2v) is 10.0. The highest BCUT2D eigenvalue weighted by atomic mass is 19.4. The molecule has 2 amide bonds. The fourth-order valence-electron chi connectivity index (χ4n) is 5.65. The Hall–Kier alpha value is -4.03. The second-order valence-electron chi connectivity index (χ2n) is 10.0. The van der Waals surface area contributed by atoms with E-state index >= 15 is 0 Å². The van der Waals surface area contributed by atoms with Gasteiger partial charge in [0.05, 0.1) is 30.0 Å². The number of carbonyl (C=O) groups excluding carboxylic acids is 2. The molecule has 0 spiro atoms. The van der Waals surface area contributed by atoms with Gasteiger partial charge in [0.15, 0.2) is 11.5 Å². The molecule has 9 nitrogen and oxygen atoms in total. The summed E-state index contributed by atoms with van der Waals surface area (Å²) in [5, 5.41) is 0. The van der Waals surface area contributed by atoms with Crippen molar-refractivity contribution < 1.29 is 37.0 Å². The Balaban J connectivity index is 1.46. The van der Waals surface area contributed by atoms with E-state index in [1.807, 2.05) is 24.3 Å². The van der Waals surface area contributed by atoms with Crippen molar-refractivity contribution in [3.63, 3.8) is 0 Å². The molecule has 3 aromatic rings. The zero-order valence-electron chi connectivity index (χ0n) is 21.4. The number of fused-ring (bicyclic) bond motifs is 2. The van der Waals surface area contributed by atoms with E-state index < -0.39 is 29.2 Å². The van der Waals surface area contributed by atoms with E-state index in [9.17, 15) is 22.8 Å². The van der Waals surface area contributed by atoms with Gasteiger partial charge < -0.3 is 29.4 Å². The van der Waals surface area contributed by atoms with Crippen LogP contribution in [0.4, 0.5) is 13.2 Å². The lowest BCUT2D eigenvalue weighted by atomic mass is 9.92. The first-order valence-corrected chi connectivity index (χ1v) is 12.9. The molecule has 0 radical (unpaired) electrons. The fraction of sp³-hybridized carbons (Fsp3) is 0.357. The van der Waals surface area contributed by atoms with Crippen LogP contribution in [-0.2, 0) is 23.9 Å². The molecule has 4 heterocycles. The van der Waals surface area contributed by atoms with Gasteiger partial charge in [-0.15, -0.1) is 0 Å². The fourth-order valence-corrected chi connectivity index (χ4v) is 5.65. The lowest BCUT2D eigenvalue weighted by molar-refractivity contribution is -0.142. The van der Waals surface area contributed by atoms with E-state index in [2.05, 4.69) is 4.90 Å². The van der Waals surface area contributed by atoms with Crippen LogP contribution in [0, 0.1) is 0 Å². The molecule has 3 aliphatic heterocycles. The molecule has 0 aliphatic carbocycles. The number of hydrogen-bond donors (Lipinski definition) is 1. The largest absolute Gasteiger partial charge is 0.454 e. The van der Waals surface area contributed by atoms with Crippen LogP contribution < -0.4 is 15.2 Å². The van der Waals surface area contributed by atoms with E-state index in [0.717, 1.165) is 41.0 Å². The van der Waals surface area contributed by atoms with Crippen molar-refractivity contribution in [2.24, 2.45) is 5.73 Å². The van der Waals surface area contributed by atoms with Gasteiger partial charge in [-0.1, -0.05) is 24.3 Å². The first-order chi connectivity index (χ1) is 19.2. The average molecular weight is 557 g/mol. The summed E-state index contributed by atoms with van der Waals surface area (Å²) in [5.74, 6) is -1.23. The third-order valence-electron chi connectivity index (χ3n) is 7.59. The molecule has 6 rings (SSSR count). The lowest BCUT2D eigenvalue weighted by Gasteiger charge is -2.40. The predicted octanol–water partition coefficient (Wildman–Crippen LogP) is 3.22. The molecule has 1 atom stereocenters. The second kappa shape index (κ2) is 10.2. The molecule has 1 fully saturated rings. The molecule has 1 aromatic heterocycles. The van der Waals surface area contributed by atoms with Gasteiger partial charge in [0.2, 0.25) is 6.79 Å². The van der Waals surface area contributed by atoms with Crippen LogP contribution in [0.3, 0.4) is 0 Å². The van der Waals surface area contributed by atoms with Gasteiger partial charge in [-0.3, -0.25) is 14.5 Å². The van der Waals surface area contributed by atoms with Crippen molar-refractivity contribution >= 4 is 11.8 Å². The van der Waals surface area contributed by atoms with Gasteiger partial charge in [-0.25, -0.2) is 0 Å². The number of alkyl halides is 3. The molecule has 210 valence electrons. The monoisotopic (exact) mass is 556 g/mol. The number of halogens is 3. The van der Waals surface area contributed by atoms with Crippen molar-refractivity contribution in [2.45, 2.75) is 25.2 Å². The molecule has 3 aliphatic rings. The van der Waals surface area contributed by atoms with Gasteiger partial charge in [0, 0.05) is 44.5 Å². The Kier molecular flexibility index (Phi) is 6.67. The van der Waals surface area contributed by atoms with Crippen molar-refractivity contribution in [1.82, 2.24) is 14.4 Å². The van der Waals surface area contributed by atoms with Crippen molar-refractivity contribution in [3.8, 4) is 17.2 Å². The molecule has 40 heavy (non-hydrogen) atoms. The van der Waals surface area contributed by atoms with Crippen molar-refractivity contribution in [1.29, 1.82) is 0 Å². The SMILES string of the molecule is NC(=O)c1ccn(-c2cc3c(cc2C(=O)N2Cc4ccccc4C[C@H]2CN2CCOCC2)OCO3)c1C(F)(F)F. The maximum absolute atomic E-state index is 14.4. The highest BCUT2D eigenvalue weighted by molar-refractivity contribution is 6.00. The maximum Gasteiger partial charge on any atom is 0.432 e. The van der Waals surface area contributed by atoms with Crippen LogP contribution in [0.2, 0.25) is 0 Å². The smallest absolute Gasteiger partial charge is 0.432 e. The summed E-state index contributed by atoms with van der Waals surface area (Å²) in [5.41, 5.74) is 5.33.